The zero-order valence-electron chi connectivity index (χ0n) is 15.7. The molecule has 2 bridgehead atoms. The molecule has 0 saturated carbocycles. The maximum absolute atomic E-state index is 12.8. The van der Waals surface area contributed by atoms with Crippen LogP contribution < -0.4 is 10.0 Å². The Morgan fingerprint density at radius 2 is 1.92 bits per heavy atom. The van der Waals surface area contributed by atoms with E-state index in [1.165, 1.54) is 4.68 Å². The first-order valence-electron chi connectivity index (χ1n) is 8.76. The average molecular weight is 406 g/mol. The molecule has 2 fully saturated rings. The molecule has 2 aliphatic rings. The van der Waals surface area contributed by atoms with E-state index in [4.69, 9.17) is 0 Å². The fraction of sp³-hybridized carbons (Fsp3) is 0.750. The van der Waals surface area contributed by atoms with Crippen molar-refractivity contribution in [2.45, 2.75) is 63.1 Å². The van der Waals surface area contributed by atoms with Gasteiger partial charge >= 0.3 is 0 Å². The van der Waals surface area contributed by atoms with E-state index in [1.54, 1.807) is 32.7 Å². The Bertz CT molecular complexity index is 779. The van der Waals surface area contributed by atoms with Crippen LogP contribution in [0.25, 0.3) is 0 Å². The molecular formula is C16H28ClN5O3S. The summed E-state index contributed by atoms with van der Waals surface area (Å²) < 4.78 is 29.5. The predicted octanol–water partition coefficient (Wildman–Crippen LogP) is 0.478. The Labute approximate surface area is 161 Å². The van der Waals surface area contributed by atoms with Crippen molar-refractivity contribution >= 4 is 28.3 Å². The lowest BCUT2D eigenvalue weighted by molar-refractivity contribution is -0.132. The number of halogens is 1. The molecule has 2 aliphatic heterocycles. The van der Waals surface area contributed by atoms with Crippen molar-refractivity contribution in [3.63, 3.8) is 0 Å². The molecule has 0 aliphatic carbocycles. The topological polar surface area (TPSA) is 96.3 Å². The van der Waals surface area contributed by atoms with Crippen LogP contribution in [0.3, 0.4) is 0 Å². The average Bonchev–Trinajstić information content (AvgIpc) is 2.97. The molecule has 1 amide bonds. The van der Waals surface area contributed by atoms with Crippen LogP contribution in [-0.2, 0) is 21.9 Å². The summed E-state index contributed by atoms with van der Waals surface area (Å²) in [6.45, 7) is 6.29. The van der Waals surface area contributed by atoms with Crippen molar-refractivity contribution in [3.05, 3.63) is 11.4 Å². The molecule has 3 unspecified atom stereocenters. The summed E-state index contributed by atoms with van der Waals surface area (Å²) >= 11 is 0. The van der Waals surface area contributed by atoms with Crippen molar-refractivity contribution in [2.24, 2.45) is 7.05 Å². The largest absolute Gasteiger partial charge is 0.340 e. The number of amides is 1. The van der Waals surface area contributed by atoms with Gasteiger partial charge in [0.05, 0.1) is 17.4 Å². The molecule has 2 saturated heterocycles. The highest BCUT2D eigenvalue weighted by atomic mass is 35.5. The second-order valence-electron chi connectivity index (χ2n) is 7.18. The van der Waals surface area contributed by atoms with Gasteiger partial charge in [-0.25, -0.2) is 8.42 Å². The molecule has 148 valence electrons. The molecule has 0 radical (unpaired) electrons. The number of fused-ring (bicyclic) bond motifs is 2. The van der Waals surface area contributed by atoms with Crippen molar-refractivity contribution in [2.75, 3.05) is 13.1 Å². The third kappa shape index (κ3) is 4.05. The molecule has 0 spiro atoms. The SMILES string of the molecule is Cc1nn(C)c(C)c1S(=O)(=O)NC(C)C(=O)N1CCC2CCC(C1)N2.Cl. The summed E-state index contributed by atoms with van der Waals surface area (Å²) in [5.74, 6) is -0.169. The first-order valence-corrected chi connectivity index (χ1v) is 10.2. The summed E-state index contributed by atoms with van der Waals surface area (Å²) in [5.41, 5.74) is 0.990. The molecule has 2 N–H and O–H groups in total. The molecule has 3 heterocycles. The second-order valence-corrected chi connectivity index (χ2v) is 8.83. The molecule has 3 atom stereocenters. The van der Waals surface area contributed by atoms with Crippen LogP contribution in [0.2, 0.25) is 0 Å². The molecule has 10 heteroatoms. The summed E-state index contributed by atoms with van der Waals surface area (Å²) in [7, 11) is -2.10. The Kier molecular flexibility index (Phi) is 6.37. The lowest BCUT2D eigenvalue weighted by Crippen LogP contribution is -2.49. The van der Waals surface area contributed by atoms with Gasteiger partial charge in [-0.15, -0.1) is 12.4 Å². The number of sulfonamides is 1. The predicted molar refractivity (Wildman–Crippen MR) is 101 cm³/mol. The molecule has 3 rings (SSSR count). The van der Waals surface area contributed by atoms with E-state index in [9.17, 15) is 13.2 Å². The van der Waals surface area contributed by atoms with Gasteiger partial charge in [0, 0.05) is 32.2 Å². The molecule has 1 aromatic heterocycles. The minimum Gasteiger partial charge on any atom is -0.340 e. The fourth-order valence-corrected chi connectivity index (χ4v) is 5.54. The van der Waals surface area contributed by atoms with E-state index in [2.05, 4.69) is 15.1 Å². The first-order chi connectivity index (χ1) is 11.7. The maximum Gasteiger partial charge on any atom is 0.244 e. The van der Waals surface area contributed by atoms with Crippen LogP contribution in [0.1, 0.15) is 37.6 Å². The van der Waals surface area contributed by atoms with Crippen molar-refractivity contribution in [1.29, 1.82) is 0 Å². The Hall–Kier alpha value is -1.16. The quantitative estimate of drug-likeness (QED) is 0.759. The van der Waals surface area contributed by atoms with Crippen LogP contribution in [0.5, 0.6) is 0 Å². The van der Waals surface area contributed by atoms with Crippen LogP contribution in [-0.4, -0.2) is 60.2 Å². The van der Waals surface area contributed by atoms with E-state index in [1.807, 2.05) is 0 Å². The number of carbonyl (C=O) groups is 1. The number of nitrogens with one attached hydrogen (secondary N) is 2. The first kappa shape index (κ1) is 21.1. The van der Waals surface area contributed by atoms with Gasteiger partial charge in [0.25, 0.3) is 0 Å². The fourth-order valence-electron chi connectivity index (χ4n) is 3.90. The molecule has 26 heavy (non-hydrogen) atoms. The maximum atomic E-state index is 12.8. The highest BCUT2D eigenvalue weighted by molar-refractivity contribution is 7.89. The molecule has 0 aromatic carbocycles. The standard InChI is InChI=1S/C16H27N5O3S.ClH/c1-10-15(12(3)20(4)18-10)25(23,24)19-11(2)16(22)21-8-7-13-5-6-14(9-21)17-13;/h11,13-14,17,19H,5-9H2,1-4H3;1H. The normalized spacial score (nSPS) is 24.1. The van der Waals surface area contributed by atoms with Gasteiger partial charge in [0.1, 0.15) is 4.90 Å². The Morgan fingerprint density at radius 3 is 2.54 bits per heavy atom. The molecular weight excluding hydrogens is 378 g/mol. The Balaban J connectivity index is 0.00000243. The van der Waals surface area contributed by atoms with E-state index < -0.39 is 16.1 Å². The highest BCUT2D eigenvalue weighted by Crippen LogP contribution is 2.22. The minimum atomic E-state index is -3.80. The number of aryl methyl sites for hydroxylation is 2. The van der Waals surface area contributed by atoms with Crippen LogP contribution in [0, 0.1) is 13.8 Å². The van der Waals surface area contributed by atoms with E-state index in [0.29, 0.717) is 36.6 Å². The van der Waals surface area contributed by atoms with Crippen LogP contribution >= 0.6 is 12.4 Å². The van der Waals surface area contributed by atoms with Crippen molar-refractivity contribution in [3.8, 4) is 0 Å². The highest BCUT2D eigenvalue weighted by Gasteiger charge is 2.34. The van der Waals surface area contributed by atoms with E-state index in [0.717, 1.165) is 19.3 Å². The zero-order valence-corrected chi connectivity index (χ0v) is 17.3. The minimum absolute atomic E-state index is 0. The monoisotopic (exact) mass is 405 g/mol. The van der Waals surface area contributed by atoms with E-state index in [-0.39, 0.29) is 23.2 Å². The molecule has 1 aromatic rings. The lowest BCUT2D eigenvalue weighted by Gasteiger charge is -2.27. The van der Waals surface area contributed by atoms with Crippen molar-refractivity contribution in [1.82, 2.24) is 24.7 Å². The number of hydrogen-bond donors (Lipinski definition) is 2. The number of nitrogens with zero attached hydrogens (tertiary/aromatic N) is 3. The van der Waals surface area contributed by atoms with Crippen molar-refractivity contribution < 1.29 is 13.2 Å². The van der Waals surface area contributed by atoms with Gasteiger partial charge in [-0.1, -0.05) is 0 Å². The van der Waals surface area contributed by atoms with Gasteiger partial charge in [0.2, 0.25) is 15.9 Å². The van der Waals surface area contributed by atoms with Gasteiger partial charge in [0.15, 0.2) is 0 Å². The third-order valence-electron chi connectivity index (χ3n) is 5.25. The van der Waals surface area contributed by atoms with Gasteiger partial charge in [-0.3, -0.25) is 9.48 Å². The number of likely N-dealkylation sites (tertiary alicyclic amines) is 1. The van der Waals surface area contributed by atoms with Gasteiger partial charge in [-0.05, 0) is 40.0 Å². The summed E-state index contributed by atoms with van der Waals surface area (Å²) in [6.07, 6.45) is 3.15. The summed E-state index contributed by atoms with van der Waals surface area (Å²) in [5, 5.41) is 7.68. The second kappa shape index (κ2) is 7.84. The van der Waals surface area contributed by atoms with Crippen LogP contribution in [0.4, 0.5) is 0 Å². The summed E-state index contributed by atoms with van der Waals surface area (Å²) in [4.78, 5) is 14.7. The zero-order chi connectivity index (χ0) is 18.4. The number of hydrogen-bond acceptors (Lipinski definition) is 5. The van der Waals surface area contributed by atoms with Crippen LogP contribution in [0.15, 0.2) is 4.90 Å². The third-order valence-corrected chi connectivity index (χ3v) is 7.04. The summed E-state index contributed by atoms with van der Waals surface area (Å²) in [6, 6.07) is -0.000748. The lowest BCUT2D eigenvalue weighted by atomic mass is 10.1. The van der Waals surface area contributed by atoms with Gasteiger partial charge < -0.3 is 10.2 Å². The Morgan fingerprint density at radius 1 is 1.27 bits per heavy atom. The number of carbonyl (C=O) groups excluding carboxylic acids is 1. The van der Waals surface area contributed by atoms with E-state index >= 15 is 0 Å². The molecule has 8 nitrogen and oxygen atoms in total. The number of aromatic nitrogens is 2. The van der Waals surface area contributed by atoms with Gasteiger partial charge in [-0.2, -0.15) is 9.82 Å². The smallest absolute Gasteiger partial charge is 0.244 e. The number of rotatable bonds is 4.